The summed E-state index contributed by atoms with van der Waals surface area (Å²) in [5.74, 6) is 0.655. The maximum Gasteiger partial charge on any atom is 0.299 e. The smallest absolute Gasteiger partial charge is 0.299 e. The predicted octanol–water partition coefficient (Wildman–Crippen LogP) is 4.37. The number of nitrogens with one attached hydrogen (secondary N) is 2. The molecule has 0 radical (unpaired) electrons. The third kappa shape index (κ3) is 4.73. The summed E-state index contributed by atoms with van der Waals surface area (Å²) >= 11 is 2.24. The minimum atomic E-state index is -3.34. The molecule has 0 saturated heterocycles. The molecule has 1 heterocycles. The van der Waals surface area contributed by atoms with Gasteiger partial charge in [0.2, 0.25) is 10.0 Å². The highest BCUT2D eigenvalue weighted by Gasteiger charge is 2.09. The van der Waals surface area contributed by atoms with E-state index in [9.17, 15) is 8.42 Å². The summed E-state index contributed by atoms with van der Waals surface area (Å²) in [6.07, 6.45) is 2.77. The number of hydrogen-bond acceptors (Lipinski definition) is 5. The highest BCUT2D eigenvalue weighted by molar-refractivity contribution is 14.1. The van der Waals surface area contributed by atoms with Crippen LogP contribution in [-0.4, -0.2) is 19.7 Å². The van der Waals surface area contributed by atoms with Gasteiger partial charge in [0.1, 0.15) is 0 Å². The van der Waals surface area contributed by atoms with E-state index < -0.39 is 10.0 Å². The zero-order chi connectivity index (χ0) is 18.0. The van der Waals surface area contributed by atoms with E-state index in [1.54, 1.807) is 12.3 Å². The molecule has 2 N–H and O–H groups in total. The first-order valence-electron chi connectivity index (χ1n) is 7.37. The highest BCUT2D eigenvalue weighted by atomic mass is 127. The lowest BCUT2D eigenvalue weighted by Gasteiger charge is -2.10. The molecule has 2 aromatic carbocycles. The summed E-state index contributed by atoms with van der Waals surface area (Å²) < 4.78 is 32.2. The van der Waals surface area contributed by atoms with Crippen LogP contribution in [0.25, 0.3) is 11.3 Å². The van der Waals surface area contributed by atoms with Crippen molar-refractivity contribution in [2.45, 2.75) is 6.92 Å². The number of aromatic nitrogens is 1. The second-order valence-electron chi connectivity index (χ2n) is 5.57. The molecule has 0 aliphatic heterocycles. The summed E-state index contributed by atoms with van der Waals surface area (Å²) in [6.45, 7) is 1.83. The van der Waals surface area contributed by atoms with Crippen LogP contribution in [0.4, 0.5) is 17.4 Å². The number of oxazole rings is 1. The van der Waals surface area contributed by atoms with Crippen molar-refractivity contribution in [3.05, 3.63) is 57.8 Å². The van der Waals surface area contributed by atoms with Crippen molar-refractivity contribution < 1.29 is 12.8 Å². The zero-order valence-corrected chi connectivity index (χ0v) is 16.6. The van der Waals surface area contributed by atoms with Crippen LogP contribution in [0, 0.1) is 10.5 Å². The molecular weight excluding hydrogens is 453 g/mol. The molecule has 0 saturated carbocycles. The summed E-state index contributed by atoms with van der Waals surface area (Å²) in [6, 6.07) is 13.6. The fraction of sp³-hybridized carbons (Fsp3) is 0.118. The van der Waals surface area contributed by atoms with Crippen LogP contribution in [0.2, 0.25) is 0 Å². The van der Waals surface area contributed by atoms with E-state index in [1.165, 1.54) is 0 Å². The number of sulfonamides is 1. The molecule has 0 bridgehead atoms. The van der Waals surface area contributed by atoms with Crippen molar-refractivity contribution in [3.8, 4) is 11.3 Å². The van der Waals surface area contributed by atoms with Gasteiger partial charge in [0.25, 0.3) is 6.01 Å². The molecule has 0 fully saturated rings. The molecule has 0 atom stereocenters. The largest absolute Gasteiger partial charge is 0.423 e. The number of nitrogens with zero attached hydrogens (tertiary/aromatic N) is 1. The first-order valence-corrected chi connectivity index (χ1v) is 10.3. The van der Waals surface area contributed by atoms with E-state index in [-0.39, 0.29) is 0 Å². The van der Waals surface area contributed by atoms with Gasteiger partial charge in [-0.3, -0.25) is 4.72 Å². The average molecular weight is 469 g/mol. The van der Waals surface area contributed by atoms with Gasteiger partial charge < -0.3 is 9.73 Å². The molecule has 0 amide bonds. The van der Waals surface area contributed by atoms with Crippen molar-refractivity contribution in [3.63, 3.8) is 0 Å². The van der Waals surface area contributed by atoms with Crippen LogP contribution >= 0.6 is 22.6 Å². The molecular formula is C17H16IN3O3S. The Balaban J connectivity index is 1.83. The Morgan fingerprint density at radius 2 is 1.96 bits per heavy atom. The number of aryl methyl sites for hydroxylation is 1. The van der Waals surface area contributed by atoms with E-state index in [0.29, 0.717) is 23.1 Å². The van der Waals surface area contributed by atoms with Gasteiger partial charge in [0.15, 0.2) is 5.76 Å². The summed E-state index contributed by atoms with van der Waals surface area (Å²) in [7, 11) is -3.34. The summed E-state index contributed by atoms with van der Waals surface area (Å²) in [4.78, 5) is 4.23. The van der Waals surface area contributed by atoms with E-state index in [4.69, 9.17) is 4.42 Å². The van der Waals surface area contributed by atoms with Crippen LogP contribution in [0.5, 0.6) is 0 Å². The Bertz CT molecular complexity index is 1020. The van der Waals surface area contributed by atoms with Gasteiger partial charge in [-0.1, -0.05) is 18.2 Å². The van der Waals surface area contributed by atoms with Crippen LogP contribution in [0.1, 0.15) is 5.56 Å². The van der Waals surface area contributed by atoms with Gasteiger partial charge >= 0.3 is 0 Å². The van der Waals surface area contributed by atoms with E-state index >= 15 is 0 Å². The number of benzene rings is 2. The SMILES string of the molecule is Cc1ccc(Nc2ncc(-c3cccc(I)c3)o2)cc1NS(C)(=O)=O. The summed E-state index contributed by atoms with van der Waals surface area (Å²) in [5, 5.41) is 3.05. The van der Waals surface area contributed by atoms with E-state index in [2.05, 4.69) is 37.6 Å². The molecule has 1 aromatic heterocycles. The third-order valence-electron chi connectivity index (χ3n) is 3.40. The van der Waals surface area contributed by atoms with Gasteiger partial charge in [0, 0.05) is 14.8 Å². The zero-order valence-electron chi connectivity index (χ0n) is 13.6. The Kier molecular flexibility index (Phi) is 5.00. The molecule has 0 unspecified atom stereocenters. The lowest BCUT2D eigenvalue weighted by Crippen LogP contribution is -2.10. The molecule has 8 heteroatoms. The highest BCUT2D eigenvalue weighted by Crippen LogP contribution is 2.27. The second kappa shape index (κ2) is 7.04. The summed E-state index contributed by atoms with van der Waals surface area (Å²) in [5.41, 5.74) is 2.95. The third-order valence-corrected chi connectivity index (χ3v) is 4.66. The number of anilines is 3. The Hall–Kier alpha value is -2.07. The maximum atomic E-state index is 11.4. The molecule has 25 heavy (non-hydrogen) atoms. The van der Waals surface area contributed by atoms with Crippen molar-refractivity contribution >= 4 is 50.0 Å². The molecule has 3 rings (SSSR count). The van der Waals surface area contributed by atoms with Gasteiger partial charge in [-0.25, -0.2) is 13.4 Å². The number of halogens is 1. The maximum absolute atomic E-state index is 11.4. The second-order valence-corrected chi connectivity index (χ2v) is 8.56. The van der Waals surface area contributed by atoms with Crippen molar-refractivity contribution in [1.82, 2.24) is 4.98 Å². The normalized spacial score (nSPS) is 11.3. The van der Waals surface area contributed by atoms with Gasteiger partial charge in [-0.2, -0.15) is 0 Å². The quantitative estimate of drug-likeness (QED) is 0.543. The minimum absolute atomic E-state index is 0.336. The molecule has 0 aliphatic carbocycles. The van der Waals surface area contributed by atoms with Crippen molar-refractivity contribution in [2.24, 2.45) is 0 Å². The van der Waals surface area contributed by atoms with Crippen LogP contribution in [0.15, 0.2) is 53.1 Å². The first kappa shape index (κ1) is 17.7. The Morgan fingerprint density at radius 1 is 1.16 bits per heavy atom. The topological polar surface area (TPSA) is 84.2 Å². The van der Waals surface area contributed by atoms with Crippen molar-refractivity contribution in [1.29, 1.82) is 0 Å². The molecule has 130 valence electrons. The number of hydrogen-bond donors (Lipinski definition) is 2. The van der Waals surface area contributed by atoms with Crippen LogP contribution in [0.3, 0.4) is 0 Å². The molecule has 0 spiro atoms. The fourth-order valence-corrected chi connectivity index (χ4v) is 3.40. The molecule has 0 aliphatic rings. The standard InChI is InChI=1S/C17H16IN3O3S/c1-11-6-7-14(9-15(11)21-25(2,22)23)20-17-19-10-16(24-17)12-4-3-5-13(18)8-12/h3-10,21H,1-2H3,(H,19,20). The molecule has 6 nitrogen and oxygen atoms in total. The monoisotopic (exact) mass is 469 g/mol. The molecule has 3 aromatic rings. The Morgan fingerprint density at radius 3 is 2.68 bits per heavy atom. The lowest BCUT2D eigenvalue weighted by atomic mass is 10.2. The van der Waals surface area contributed by atoms with Crippen molar-refractivity contribution in [2.75, 3.05) is 16.3 Å². The van der Waals surface area contributed by atoms with Gasteiger partial charge in [-0.05, 0) is 59.3 Å². The fourth-order valence-electron chi connectivity index (χ4n) is 2.24. The van der Waals surface area contributed by atoms with Gasteiger partial charge in [0.05, 0.1) is 18.1 Å². The Labute approximate surface area is 159 Å². The van der Waals surface area contributed by atoms with Gasteiger partial charge in [-0.15, -0.1) is 0 Å². The lowest BCUT2D eigenvalue weighted by molar-refractivity contribution is 0.592. The van der Waals surface area contributed by atoms with Crippen LogP contribution in [-0.2, 0) is 10.0 Å². The average Bonchev–Trinajstić information content (AvgIpc) is 2.98. The predicted molar refractivity (Wildman–Crippen MR) is 108 cm³/mol. The minimum Gasteiger partial charge on any atom is -0.423 e. The van der Waals surface area contributed by atoms with E-state index in [0.717, 1.165) is 21.0 Å². The number of rotatable bonds is 5. The first-order chi connectivity index (χ1) is 11.8. The van der Waals surface area contributed by atoms with E-state index in [1.807, 2.05) is 43.3 Å². The van der Waals surface area contributed by atoms with Crippen LogP contribution < -0.4 is 10.0 Å².